The van der Waals surface area contributed by atoms with Crippen LogP contribution >= 0.6 is 0 Å². The summed E-state index contributed by atoms with van der Waals surface area (Å²) >= 11 is 0. The third-order valence-corrected chi connectivity index (χ3v) is 4.37. The number of aliphatic imine (C=N–C) groups is 1. The number of rotatable bonds is 7. The molecule has 1 aromatic rings. The molecule has 1 saturated carbocycles. The van der Waals surface area contributed by atoms with Crippen LogP contribution in [0.4, 0.5) is 0 Å². The van der Waals surface area contributed by atoms with E-state index in [1.54, 1.807) is 6.20 Å². The molecule has 146 valence electrons. The van der Waals surface area contributed by atoms with Crippen molar-refractivity contribution in [3.8, 4) is 0 Å². The fraction of sp³-hybridized carbons (Fsp3) is 0.737. The van der Waals surface area contributed by atoms with Crippen molar-refractivity contribution in [1.29, 1.82) is 0 Å². The van der Waals surface area contributed by atoms with Crippen molar-refractivity contribution in [3.63, 3.8) is 0 Å². The van der Waals surface area contributed by atoms with Crippen LogP contribution in [0.15, 0.2) is 15.6 Å². The van der Waals surface area contributed by atoms with Crippen molar-refractivity contribution in [2.75, 3.05) is 13.1 Å². The minimum absolute atomic E-state index is 0.0651. The number of carbonyl (C=O) groups excluding carboxylic acids is 1. The van der Waals surface area contributed by atoms with E-state index in [1.807, 2.05) is 6.92 Å². The molecule has 7 nitrogen and oxygen atoms in total. The number of carbonyl (C=O) groups is 1. The molecule has 0 saturated heterocycles. The molecule has 26 heavy (non-hydrogen) atoms. The van der Waals surface area contributed by atoms with Crippen molar-refractivity contribution < 1.29 is 9.21 Å². The molecule has 0 bridgehead atoms. The first-order valence-electron chi connectivity index (χ1n) is 9.65. The first-order chi connectivity index (χ1) is 12.4. The quantitative estimate of drug-likeness (QED) is 0.511. The largest absolute Gasteiger partial charge is 0.443 e. The summed E-state index contributed by atoms with van der Waals surface area (Å²) in [5.74, 6) is 2.20. The number of nitrogens with one attached hydrogen (secondary N) is 3. The number of hydrogen-bond donors (Lipinski definition) is 3. The van der Waals surface area contributed by atoms with Gasteiger partial charge in [0.05, 0.1) is 6.20 Å². The fourth-order valence-corrected chi connectivity index (χ4v) is 2.88. The summed E-state index contributed by atoms with van der Waals surface area (Å²) in [4.78, 5) is 20.8. The number of aromatic nitrogens is 1. The highest BCUT2D eigenvalue weighted by atomic mass is 16.4. The normalized spacial score (nSPS) is 15.9. The molecule has 1 aliphatic rings. The monoisotopic (exact) mass is 363 g/mol. The lowest BCUT2D eigenvalue weighted by Crippen LogP contribution is -2.40. The highest BCUT2D eigenvalue weighted by Crippen LogP contribution is 2.22. The molecule has 0 aliphatic heterocycles. The minimum atomic E-state index is -0.0651. The van der Waals surface area contributed by atoms with E-state index in [-0.39, 0.29) is 11.3 Å². The van der Waals surface area contributed by atoms with Crippen LogP contribution in [0.5, 0.6) is 0 Å². The van der Waals surface area contributed by atoms with Crippen LogP contribution in [0.1, 0.15) is 71.5 Å². The number of nitrogens with zero attached hydrogens (tertiary/aromatic N) is 2. The molecule has 2 rings (SSSR count). The summed E-state index contributed by atoms with van der Waals surface area (Å²) < 4.78 is 5.76. The predicted molar refractivity (Wildman–Crippen MR) is 103 cm³/mol. The third-order valence-electron chi connectivity index (χ3n) is 4.37. The molecule has 1 amide bonds. The Morgan fingerprint density at radius 3 is 2.65 bits per heavy atom. The van der Waals surface area contributed by atoms with Gasteiger partial charge in [0.15, 0.2) is 5.96 Å². The Hall–Kier alpha value is -2.05. The first-order valence-corrected chi connectivity index (χ1v) is 9.65. The third kappa shape index (κ3) is 6.69. The van der Waals surface area contributed by atoms with Gasteiger partial charge in [0.2, 0.25) is 11.8 Å². The van der Waals surface area contributed by atoms with Crippen LogP contribution in [0.25, 0.3) is 0 Å². The molecule has 0 aromatic carbocycles. The number of guanidine groups is 1. The molecule has 3 N–H and O–H groups in total. The van der Waals surface area contributed by atoms with Gasteiger partial charge in [0.25, 0.3) is 0 Å². The van der Waals surface area contributed by atoms with Crippen molar-refractivity contribution in [2.24, 2.45) is 4.99 Å². The first kappa shape index (κ1) is 20.3. The van der Waals surface area contributed by atoms with Crippen LogP contribution in [-0.2, 0) is 16.8 Å². The van der Waals surface area contributed by atoms with Gasteiger partial charge >= 0.3 is 0 Å². The number of oxazole rings is 1. The van der Waals surface area contributed by atoms with E-state index in [2.05, 4.69) is 46.7 Å². The molecule has 1 aromatic heterocycles. The lowest BCUT2D eigenvalue weighted by molar-refractivity contribution is -0.121. The zero-order valence-corrected chi connectivity index (χ0v) is 16.5. The van der Waals surface area contributed by atoms with Gasteiger partial charge in [-0.05, 0) is 19.8 Å². The average molecular weight is 364 g/mol. The van der Waals surface area contributed by atoms with Gasteiger partial charge in [-0.15, -0.1) is 0 Å². The second-order valence-electron chi connectivity index (χ2n) is 7.79. The summed E-state index contributed by atoms with van der Waals surface area (Å²) in [6.07, 6.45) is 6.86. The van der Waals surface area contributed by atoms with E-state index in [0.717, 1.165) is 25.1 Å². The second-order valence-corrected chi connectivity index (χ2v) is 7.79. The van der Waals surface area contributed by atoms with Crippen molar-refractivity contribution in [1.82, 2.24) is 20.9 Å². The molecule has 0 radical (unpaired) electrons. The molecule has 1 fully saturated rings. The van der Waals surface area contributed by atoms with Gasteiger partial charge in [0, 0.05) is 31.0 Å². The maximum atomic E-state index is 12.0. The number of amides is 1. The van der Waals surface area contributed by atoms with Crippen LogP contribution in [0, 0.1) is 0 Å². The summed E-state index contributed by atoms with van der Waals surface area (Å²) in [5, 5.41) is 9.46. The lowest BCUT2D eigenvalue weighted by atomic mass is 9.94. The van der Waals surface area contributed by atoms with E-state index in [9.17, 15) is 4.79 Å². The van der Waals surface area contributed by atoms with Gasteiger partial charge in [-0.1, -0.05) is 33.6 Å². The maximum Gasteiger partial charge on any atom is 0.221 e. The lowest BCUT2D eigenvalue weighted by Gasteiger charge is -2.14. The molecule has 0 spiro atoms. The highest BCUT2D eigenvalue weighted by Gasteiger charge is 2.19. The Labute approximate surface area is 156 Å². The molecular weight excluding hydrogens is 330 g/mol. The zero-order valence-electron chi connectivity index (χ0n) is 16.5. The summed E-state index contributed by atoms with van der Waals surface area (Å²) in [6, 6.07) is 0.367. The van der Waals surface area contributed by atoms with Crippen LogP contribution < -0.4 is 16.0 Å². The van der Waals surface area contributed by atoms with E-state index < -0.39 is 0 Å². The summed E-state index contributed by atoms with van der Waals surface area (Å²) in [6.45, 7) is 9.92. The van der Waals surface area contributed by atoms with Gasteiger partial charge in [0.1, 0.15) is 12.3 Å². The van der Waals surface area contributed by atoms with E-state index in [4.69, 9.17) is 4.42 Å². The van der Waals surface area contributed by atoms with Crippen molar-refractivity contribution in [2.45, 2.75) is 77.8 Å². The van der Waals surface area contributed by atoms with Crippen molar-refractivity contribution >= 4 is 11.9 Å². The van der Waals surface area contributed by atoms with Crippen LogP contribution in [0.3, 0.4) is 0 Å². The van der Waals surface area contributed by atoms with Crippen LogP contribution in [-0.4, -0.2) is 36.0 Å². The van der Waals surface area contributed by atoms with Gasteiger partial charge in [-0.2, -0.15) is 0 Å². The molecule has 0 unspecified atom stereocenters. The standard InChI is InChI=1S/C19H33N5O2/c1-5-20-18(21-11-10-16(25)24-14-8-6-7-9-14)23-13-17-22-12-15(26-17)19(2,3)4/h12,14H,5-11,13H2,1-4H3,(H,24,25)(H2,20,21,23). The smallest absolute Gasteiger partial charge is 0.221 e. The molecule has 7 heteroatoms. The maximum absolute atomic E-state index is 12.0. The van der Waals surface area contributed by atoms with Crippen LogP contribution in [0.2, 0.25) is 0 Å². The van der Waals surface area contributed by atoms with Crippen molar-refractivity contribution in [3.05, 3.63) is 17.8 Å². The Balaban J connectivity index is 1.78. The molecule has 1 heterocycles. The topological polar surface area (TPSA) is 91.6 Å². The highest BCUT2D eigenvalue weighted by molar-refractivity contribution is 5.81. The SMILES string of the molecule is CCNC(=NCc1ncc(C(C)(C)C)o1)NCCC(=O)NC1CCCC1. The fourth-order valence-electron chi connectivity index (χ4n) is 2.88. The summed E-state index contributed by atoms with van der Waals surface area (Å²) in [5.41, 5.74) is -0.0651. The summed E-state index contributed by atoms with van der Waals surface area (Å²) in [7, 11) is 0. The average Bonchev–Trinajstić information content (AvgIpc) is 3.23. The Bertz CT molecular complexity index is 597. The predicted octanol–water partition coefficient (Wildman–Crippen LogP) is 2.48. The Morgan fingerprint density at radius 1 is 1.31 bits per heavy atom. The van der Waals surface area contributed by atoms with Gasteiger partial charge in [-0.3, -0.25) is 4.79 Å². The second kappa shape index (κ2) is 9.59. The Morgan fingerprint density at radius 2 is 2.04 bits per heavy atom. The molecule has 1 aliphatic carbocycles. The Kier molecular flexibility index (Phi) is 7.48. The minimum Gasteiger partial charge on any atom is -0.443 e. The van der Waals surface area contributed by atoms with E-state index >= 15 is 0 Å². The van der Waals surface area contributed by atoms with Gasteiger partial charge < -0.3 is 20.4 Å². The zero-order chi connectivity index (χ0) is 19.0. The molecule has 0 atom stereocenters. The van der Waals surface area contributed by atoms with E-state index in [0.29, 0.717) is 37.4 Å². The number of hydrogen-bond acceptors (Lipinski definition) is 4. The molecular formula is C19H33N5O2. The van der Waals surface area contributed by atoms with E-state index in [1.165, 1.54) is 12.8 Å². The van der Waals surface area contributed by atoms with Gasteiger partial charge in [-0.25, -0.2) is 9.98 Å².